The average molecular weight is 485 g/mol. The number of carbonyl (C=O) groups excluding carboxylic acids is 3. The van der Waals surface area contributed by atoms with E-state index >= 15 is 0 Å². The Balaban J connectivity index is 0.00000385. The van der Waals surface area contributed by atoms with Crippen molar-refractivity contribution in [1.29, 1.82) is 0 Å². The standard InChI is InChI=1S/C20H21FN6O5.K.H/c1-10-25-26-17(32-10)16(30)24-20(2,3)19-23-13(14(28)18(31)27(19)4)15(29)22-9-11-5-7-12(21)8-6-11;;/h5-8,22,29H,9H2,1-4H3,(H,24,30);;. The molecule has 0 bridgehead atoms. The molecular weight excluding hydrogens is 462 g/mol. The minimum absolute atomic E-state index is 0. The van der Waals surface area contributed by atoms with Gasteiger partial charge in [-0.25, -0.2) is 9.38 Å². The summed E-state index contributed by atoms with van der Waals surface area (Å²) in [6.07, 6.45) is 0. The first-order valence-corrected chi connectivity index (χ1v) is 9.45. The number of Topliss-reactive ketones (excluding diaryl/α,β-unsaturated/α-hetero) is 1. The molecule has 170 valence electrons. The number of aliphatic hydroxyl groups excluding tert-OH is 1. The third-order valence-electron chi connectivity index (χ3n) is 4.55. The van der Waals surface area contributed by atoms with E-state index in [0.717, 1.165) is 4.90 Å². The number of rotatable bonds is 6. The normalized spacial score (nSPS) is 15.5. The fourth-order valence-electron chi connectivity index (χ4n) is 2.95. The molecule has 0 unspecified atom stereocenters. The zero-order valence-corrected chi connectivity index (χ0v) is 17.8. The van der Waals surface area contributed by atoms with Crippen LogP contribution in [0.1, 0.15) is 36.0 Å². The van der Waals surface area contributed by atoms with Crippen molar-refractivity contribution in [1.82, 2.24) is 25.7 Å². The number of amidine groups is 1. The molecular formula is C20H22FKN6O5. The van der Waals surface area contributed by atoms with Gasteiger partial charge in [0.05, 0.1) is 5.54 Å². The number of benzene rings is 1. The van der Waals surface area contributed by atoms with E-state index in [4.69, 9.17) is 4.42 Å². The average Bonchev–Trinajstić information content (AvgIpc) is 3.17. The molecule has 0 saturated heterocycles. The van der Waals surface area contributed by atoms with E-state index < -0.39 is 40.5 Å². The van der Waals surface area contributed by atoms with E-state index in [0.29, 0.717) is 5.56 Å². The van der Waals surface area contributed by atoms with Crippen molar-refractivity contribution in [2.24, 2.45) is 4.99 Å². The van der Waals surface area contributed by atoms with Gasteiger partial charge in [0.1, 0.15) is 11.7 Å². The Morgan fingerprint density at radius 1 is 1.21 bits per heavy atom. The Hall–Kier alpha value is -2.45. The van der Waals surface area contributed by atoms with Gasteiger partial charge >= 0.3 is 69.1 Å². The summed E-state index contributed by atoms with van der Waals surface area (Å²) in [4.78, 5) is 42.5. The Morgan fingerprint density at radius 2 is 1.85 bits per heavy atom. The van der Waals surface area contributed by atoms with Gasteiger partial charge in [0, 0.05) is 20.5 Å². The molecule has 1 aliphatic rings. The molecule has 2 aromatic rings. The van der Waals surface area contributed by atoms with E-state index in [1.165, 1.54) is 38.2 Å². The Morgan fingerprint density at radius 3 is 2.42 bits per heavy atom. The summed E-state index contributed by atoms with van der Waals surface area (Å²) in [6.45, 7) is 4.67. The molecule has 11 nitrogen and oxygen atoms in total. The first-order valence-electron chi connectivity index (χ1n) is 9.45. The second kappa shape index (κ2) is 10.7. The second-order valence-corrected chi connectivity index (χ2v) is 7.51. The van der Waals surface area contributed by atoms with Crippen molar-refractivity contribution in [3.05, 3.63) is 59.0 Å². The third kappa shape index (κ3) is 6.12. The van der Waals surface area contributed by atoms with Crippen LogP contribution in [-0.4, -0.2) is 108 Å². The van der Waals surface area contributed by atoms with Crippen LogP contribution in [0.3, 0.4) is 0 Å². The quantitative estimate of drug-likeness (QED) is 0.230. The van der Waals surface area contributed by atoms with Crippen LogP contribution in [0.4, 0.5) is 4.39 Å². The molecule has 0 spiro atoms. The van der Waals surface area contributed by atoms with Crippen molar-refractivity contribution in [3.63, 3.8) is 0 Å². The van der Waals surface area contributed by atoms with Crippen LogP contribution in [0.15, 0.2) is 45.3 Å². The number of aryl methyl sites for hydroxylation is 1. The third-order valence-corrected chi connectivity index (χ3v) is 4.55. The van der Waals surface area contributed by atoms with E-state index in [1.807, 2.05) is 0 Å². The molecule has 2 heterocycles. The minimum atomic E-state index is -1.27. The van der Waals surface area contributed by atoms with Gasteiger partial charge in [0.25, 0.3) is 5.78 Å². The predicted octanol–water partition coefficient (Wildman–Crippen LogP) is 0.334. The number of nitrogens with one attached hydrogen (secondary N) is 2. The fraction of sp³-hybridized carbons (Fsp3) is 0.300. The van der Waals surface area contributed by atoms with Crippen LogP contribution in [0, 0.1) is 12.7 Å². The first-order chi connectivity index (χ1) is 15.0. The number of nitrogens with zero attached hydrogens (tertiary/aromatic N) is 4. The molecule has 0 fully saturated rings. The maximum atomic E-state index is 13.0. The van der Waals surface area contributed by atoms with Crippen LogP contribution in [0.25, 0.3) is 0 Å². The molecule has 0 saturated carbocycles. The van der Waals surface area contributed by atoms with E-state index in [2.05, 4.69) is 25.8 Å². The van der Waals surface area contributed by atoms with Gasteiger partial charge in [-0.15, -0.1) is 10.2 Å². The van der Waals surface area contributed by atoms with Crippen molar-refractivity contribution in [3.8, 4) is 0 Å². The molecule has 13 heteroatoms. The summed E-state index contributed by atoms with van der Waals surface area (Å²) >= 11 is 0. The summed E-state index contributed by atoms with van der Waals surface area (Å²) in [5.41, 5.74) is -1.16. The van der Waals surface area contributed by atoms with Crippen molar-refractivity contribution >= 4 is 74.8 Å². The molecule has 1 aliphatic heterocycles. The number of carbonyl (C=O) groups is 3. The molecule has 33 heavy (non-hydrogen) atoms. The summed E-state index contributed by atoms with van der Waals surface area (Å²) in [5.74, 6) is -3.82. The summed E-state index contributed by atoms with van der Waals surface area (Å²) < 4.78 is 18.1. The van der Waals surface area contributed by atoms with E-state index in [-0.39, 0.29) is 75.5 Å². The molecule has 0 atom stereocenters. The van der Waals surface area contributed by atoms with Gasteiger partial charge in [-0.05, 0) is 31.5 Å². The zero-order valence-electron chi connectivity index (χ0n) is 17.8. The number of hydrogen-bond acceptors (Lipinski definition) is 9. The molecule has 1 aromatic carbocycles. The molecule has 3 rings (SSSR count). The molecule has 0 aliphatic carbocycles. The molecule has 3 N–H and O–H groups in total. The number of aliphatic hydroxyl groups is 1. The van der Waals surface area contributed by atoms with Crippen LogP contribution in [0.2, 0.25) is 0 Å². The van der Waals surface area contributed by atoms with Crippen LogP contribution in [-0.2, 0) is 16.1 Å². The maximum absolute atomic E-state index is 13.0. The molecule has 1 aromatic heterocycles. The number of ketones is 1. The van der Waals surface area contributed by atoms with Gasteiger partial charge in [0.2, 0.25) is 11.8 Å². The zero-order chi connectivity index (χ0) is 23.6. The van der Waals surface area contributed by atoms with Crippen molar-refractivity contribution < 1.29 is 28.3 Å². The first kappa shape index (κ1) is 26.8. The number of halogens is 1. The summed E-state index contributed by atoms with van der Waals surface area (Å²) in [7, 11) is 1.32. The van der Waals surface area contributed by atoms with Crippen LogP contribution < -0.4 is 10.6 Å². The molecule has 0 radical (unpaired) electrons. The monoisotopic (exact) mass is 484 g/mol. The van der Waals surface area contributed by atoms with Crippen LogP contribution in [0.5, 0.6) is 0 Å². The van der Waals surface area contributed by atoms with Gasteiger partial charge in [-0.1, -0.05) is 12.1 Å². The van der Waals surface area contributed by atoms with E-state index in [1.54, 1.807) is 13.8 Å². The van der Waals surface area contributed by atoms with Gasteiger partial charge < -0.3 is 20.2 Å². The van der Waals surface area contributed by atoms with Gasteiger partial charge in [-0.3, -0.25) is 19.3 Å². The van der Waals surface area contributed by atoms with Gasteiger partial charge in [0.15, 0.2) is 5.70 Å². The van der Waals surface area contributed by atoms with E-state index in [9.17, 15) is 23.9 Å². The Labute approximate surface area is 230 Å². The predicted molar refractivity (Wildman–Crippen MR) is 116 cm³/mol. The summed E-state index contributed by atoms with van der Waals surface area (Å²) in [5, 5.41) is 22.8. The molecule has 2 amide bonds. The topological polar surface area (TPSA) is 150 Å². The van der Waals surface area contributed by atoms with Gasteiger partial charge in [-0.2, -0.15) is 0 Å². The Kier molecular flexibility index (Phi) is 8.65. The van der Waals surface area contributed by atoms with Crippen molar-refractivity contribution in [2.45, 2.75) is 32.9 Å². The SMILES string of the molecule is Cc1nnc(C(=O)NC(C)(C)C2=NC(=C(O)NCc3ccc(F)cc3)C(=O)C(=O)N2C)o1.[KH]. The number of aliphatic imine (C=N–C) groups is 1. The van der Waals surface area contributed by atoms with Crippen molar-refractivity contribution in [2.75, 3.05) is 7.05 Å². The Bertz CT molecular complexity index is 1140. The number of hydrogen-bond donors (Lipinski definition) is 3. The number of likely N-dealkylation sites (N-methyl/N-ethyl adjacent to an activating group) is 1. The number of amides is 2. The fourth-order valence-corrected chi connectivity index (χ4v) is 2.95. The van der Waals surface area contributed by atoms with Crippen LogP contribution >= 0.6 is 0 Å². The summed E-state index contributed by atoms with van der Waals surface area (Å²) in [6, 6.07) is 5.48. The number of aromatic nitrogens is 2. The second-order valence-electron chi connectivity index (χ2n) is 7.51.